The van der Waals surface area contributed by atoms with E-state index in [1.165, 1.54) is 24.6 Å². The maximum Gasteiger partial charge on any atom is 0.271 e. The molecule has 1 atom stereocenters. The van der Waals surface area contributed by atoms with Crippen molar-refractivity contribution in [1.82, 2.24) is 15.3 Å². The van der Waals surface area contributed by atoms with Gasteiger partial charge in [0.05, 0.1) is 12.4 Å². The van der Waals surface area contributed by atoms with E-state index in [-0.39, 0.29) is 10.7 Å². The minimum atomic E-state index is -0.189. The lowest BCUT2D eigenvalue weighted by molar-refractivity contribution is 0.0944. The predicted molar refractivity (Wildman–Crippen MR) is 68.9 cm³/mol. The number of anilines is 1. The van der Waals surface area contributed by atoms with Crippen LogP contribution < -0.4 is 11.1 Å². The van der Waals surface area contributed by atoms with Gasteiger partial charge in [-0.05, 0) is 25.5 Å². The fourth-order valence-electron chi connectivity index (χ4n) is 1.79. The molecule has 17 heavy (non-hydrogen) atoms. The molecule has 1 aromatic heterocycles. The summed E-state index contributed by atoms with van der Waals surface area (Å²) in [5.74, 6) is 1.31. The number of carbonyl (C=O) groups is 1. The molecule has 1 unspecified atom stereocenters. The smallest absolute Gasteiger partial charge is 0.271 e. The molecule has 0 aromatic carbocycles. The zero-order chi connectivity index (χ0) is 12.3. The molecule has 1 amide bonds. The zero-order valence-electron chi connectivity index (χ0n) is 9.77. The molecule has 0 bridgehead atoms. The Labute approximate surface area is 105 Å². The fourth-order valence-corrected chi connectivity index (χ4v) is 3.03. The van der Waals surface area contributed by atoms with Crippen molar-refractivity contribution in [3.63, 3.8) is 0 Å². The topological polar surface area (TPSA) is 80.9 Å². The van der Waals surface area contributed by atoms with Crippen molar-refractivity contribution in [1.29, 1.82) is 0 Å². The number of hydrogen-bond acceptors (Lipinski definition) is 5. The third-order valence-electron chi connectivity index (χ3n) is 2.83. The fraction of sp³-hybridized carbons (Fsp3) is 0.545. The van der Waals surface area contributed by atoms with Crippen molar-refractivity contribution in [3.05, 3.63) is 18.1 Å². The molecular weight excluding hydrogens is 236 g/mol. The van der Waals surface area contributed by atoms with Crippen molar-refractivity contribution in [2.24, 2.45) is 0 Å². The lowest BCUT2D eigenvalue weighted by atomic mass is 10.1. The highest BCUT2D eigenvalue weighted by Gasteiger charge is 2.29. The summed E-state index contributed by atoms with van der Waals surface area (Å²) in [7, 11) is 0. The second-order valence-corrected chi connectivity index (χ2v) is 6.09. The highest BCUT2D eigenvalue weighted by atomic mass is 32.2. The monoisotopic (exact) mass is 252 g/mol. The molecular formula is C11H16N4OS. The van der Waals surface area contributed by atoms with E-state index in [1.807, 2.05) is 11.8 Å². The molecule has 92 valence electrons. The van der Waals surface area contributed by atoms with E-state index in [9.17, 15) is 4.79 Å². The second-order valence-electron chi connectivity index (χ2n) is 4.41. The molecule has 6 heteroatoms. The molecule has 0 saturated carbocycles. The van der Waals surface area contributed by atoms with Crippen LogP contribution in [0.1, 0.15) is 30.3 Å². The quantitative estimate of drug-likeness (QED) is 0.841. The Morgan fingerprint density at radius 1 is 1.59 bits per heavy atom. The van der Waals surface area contributed by atoms with Crippen LogP contribution in [0.5, 0.6) is 0 Å². The number of thioether (sulfide) groups is 1. The van der Waals surface area contributed by atoms with Crippen LogP contribution in [-0.2, 0) is 0 Å². The third-order valence-corrected chi connectivity index (χ3v) is 4.37. The first-order chi connectivity index (χ1) is 8.09. The van der Waals surface area contributed by atoms with Gasteiger partial charge in [-0.3, -0.25) is 4.79 Å². The molecule has 0 aliphatic carbocycles. The van der Waals surface area contributed by atoms with Gasteiger partial charge in [0.25, 0.3) is 5.91 Å². The van der Waals surface area contributed by atoms with E-state index in [2.05, 4.69) is 22.2 Å². The van der Waals surface area contributed by atoms with Gasteiger partial charge in [-0.25, -0.2) is 9.97 Å². The predicted octanol–water partition coefficient (Wildman–Crippen LogP) is 1.07. The Hall–Kier alpha value is -1.30. The summed E-state index contributed by atoms with van der Waals surface area (Å²) in [6, 6.07) is 0. The number of nitrogen functional groups attached to an aromatic ring is 1. The van der Waals surface area contributed by atoms with E-state index in [0.717, 1.165) is 6.42 Å². The van der Waals surface area contributed by atoms with Crippen LogP contribution in [0.4, 0.5) is 5.82 Å². The number of hydrogen-bond donors (Lipinski definition) is 2. The maximum atomic E-state index is 11.8. The van der Waals surface area contributed by atoms with Crippen LogP contribution in [0.25, 0.3) is 0 Å². The zero-order valence-corrected chi connectivity index (χ0v) is 10.6. The summed E-state index contributed by atoms with van der Waals surface area (Å²) in [4.78, 5) is 19.6. The first kappa shape index (κ1) is 12.2. The van der Waals surface area contributed by atoms with E-state index < -0.39 is 0 Å². The molecule has 1 aliphatic heterocycles. The normalized spacial score (nSPS) is 23.6. The van der Waals surface area contributed by atoms with Crippen molar-refractivity contribution in [3.8, 4) is 0 Å². The molecule has 0 spiro atoms. The molecule has 1 fully saturated rings. The highest BCUT2D eigenvalue weighted by Crippen LogP contribution is 2.36. The Morgan fingerprint density at radius 3 is 3.00 bits per heavy atom. The Kier molecular flexibility index (Phi) is 3.51. The van der Waals surface area contributed by atoms with Gasteiger partial charge in [-0.1, -0.05) is 0 Å². The minimum absolute atomic E-state index is 0.164. The summed E-state index contributed by atoms with van der Waals surface area (Å²) in [6.45, 7) is 2.85. The third kappa shape index (κ3) is 3.09. The molecule has 2 heterocycles. The lowest BCUT2D eigenvalue weighted by Crippen LogP contribution is -2.37. The van der Waals surface area contributed by atoms with Gasteiger partial charge in [-0.2, -0.15) is 11.8 Å². The van der Waals surface area contributed by atoms with E-state index >= 15 is 0 Å². The number of amides is 1. The van der Waals surface area contributed by atoms with Crippen molar-refractivity contribution in [2.45, 2.75) is 24.5 Å². The van der Waals surface area contributed by atoms with Crippen LogP contribution in [-0.4, -0.2) is 32.9 Å². The number of nitrogens with zero attached hydrogens (tertiary/aromatic N) is 2. The molecule has 3 N–H and O–H groups in total. The van der Waals surface area contributed by atoms with E-state index in [4.69, 9.17) is 5.73 Å². The van der Waals surface area contributed by atoms with Crippen LogP contribution in [0.3, 0.4) is 0 Å². The Morgan fingerprint density at radius 2 is 2.41 bits per heavy atom. The van der Waals surface area contributed by atoms with Crippen molar-refractivity contribution >= 4 is 23.5 Å². The summed E-state index contributed by atoms with van der Waals surface area (Å²) in [6.07, 6.45) is 5.15. The van der Waals surface area contributed by atoms with Crippen LogP contribution in [0.15, 0.2) is 12.4 Å². The summed E-state index contributed by atoms with van der Waals surface area (Å²) >= 11 is 1.91. The number of carbonyl (C=O) groups excluding carboxylic acids is 1. The molecule has 0 radical (unpaired) electrons. The average Bonchev–Trinajstić information content (AvgIpc) is 2.75. The van der Waals surface area contributed by atoms with Gasteiger partial charge in [0.1, 0.15) is 11.5 Å². The summed E-state index contributed by atoms with van der Waals surface area (Å²) in [5.41, 5.74) is 5.72. The highest BCUT2D eigenvalue weighted by molar-refractivity contribution is 8.00. The van der Waals surface area contributed by atoms with E-state index in [1.54, 1.807) is 0 Å². The summed E-state index contributed by atoms with van der Waals surface area (Å²) in [5, 5.41) is 2.90. The first-order valence-electron chi connectivity index (χ1n) is 5.59. The van der Waals surface area contributed by atoms with Crippen LogP contribution in [0, 0.1) is 0 Å². The number of nitrogens with two attached hydrogens (primary N) is 1. The molecule has 2 rings (SSSR count). The first-order valence-corrected chi connectivity index (χ1v) is 6.57. The van der Waals surface area contributed by atoms with Gasteiger partial charge in [0.15, 0.2) is 0 Å². The minimum Gasteiger partial charge on any atom is -0.382 e. The average molecular weight is 252 g/mol. The van der Waals surface area contributed by atoms with Gasteiger partial charge >= 0.3 is 0 Å². The van der Waals surface area contributed by atoms with E-state index in [0.29, 0.717) is 18.1 Å². The molecule has 1 saturated heterocycles. The number of nitrogens with one attached hydrogen (secondary N) is 1. The Bertz CT molecular complexity index is 400. The van der Waals surface area contributed by atoms with Crippen molar-refractivity contribution < 1.29 is 4.79 Å². The van der Waals surface area contributed by atoms with Gasteiger partial charge in [0.2, 0.25) is 0 Å². The molecule has 1 aliphatic rings. The van der Waals surface area contributed by atoms with Crippen LogP contribution >= 0.6 is 11.8 Å². The second kappa shape index (κ2) is 4.91. The number of aromatic nitrogens is 2. The SMILES string of the molecule is CC1(CNC(=O)c2cnc(N)cn2)CCCS1. The Balaban J connectivity index is 1.91. The summed E-state index contributed by atoms with van der Waals surface area (Å²) < 4.78 is 0.164. The maximum absolute atomic E-state index is 11.8. The lowest BCUT2D eigenvalue weighted by Gasteiger charge is -2.22. The van der Waals surface area contributed by atoms with Crippen molar-refractivity contribution in [2.75, 3.05) is 18.0 Å². The standard InChI is InChI=1S/C11H16N4OS/c1-11(3-2-4-17-11)7-15-10(16)8-5-14-9(12)6-13-8/h5-6H,2-4,7H2,1H3,(H2,12,14)(H,15,16). The van der Waals surface area contributed by atoms with Gasteiger partial charge < -0.3 is 11.1 Å². The van der Waals surface area contributed by atoms with Gasteiger partial charge in [0, 0.05) is 11.3 Å². The number of rotatable bonds is 3. The largest absolute Gasteiger partial charge is 0.382 e. The van der Waals surface area contributed by atoms with Gasteiger partial charge in [-0.15, -0.1) is 0 Å². The molecule has 1 aromatic rings. The molecule has 5 nitrogen and oxygen atoms in total. The van der Waals surface area contributed by atoms with Crippen LogP contribution in [0.2, 0.25) is 0 Å².